The predicted molar refractivity (Wildman–Crippen MR) is 65.4 cm³/mol. The van der Waals surface area contributed by atoms with E-state index in [4.69, 9.17) is 0 Å². The first-order valence-electron chi connectivity index (χ1n) is 5.71. The summed E-state index contributed by atoms with van der Waals surface area (Å²) in [6.07, 6.45) is 4.57. The Bertz CT molecular complexity index is 475. The fourth-order valence-electron chi connectivity index (χ4n) is 1.98. The smallest absolute Gasteiger partial charge is 0.111 e. The molecule has 2 rings (SSSR count). The Morgan fingerprint density at radius 3 is 3.00 bits per heavy atom. The van der Waals surface area contributed by atoms with Gasteiger partial charge in [-0.1, -0.05) is 6.92 Å². The van der Waals surface area contributed by atoms with Crippen molar-refractivity contribution in [1.82, 2.24) is 19.9 Å². The SMILES string of the molecule is CCNC(C)Cc1nc2cnccc2n1C. The normalized spacial score (nSPS) is 13.2. The summed E-state index contributed by atoms with van der Waals surface area (Å²) >= 11 is 0. The van der Waals surface area contributed by atoms with Crippen molar-refractivity contribution in [3.63, 3.8) is 0 Å². The molecule has 1 unspecified atom stereocenters. The largest absolute Gasteiger partial charge is 0.331 e. The number of aromatic nitrogens is 3. The van der Waals surface area contributed by atoms with Crippen molar-refractivity contribution < 1.29 is 0 Å². The lowest BCUT2D eigenvalue weighted by Crippen LogP contribution is -2.28. The highest BCUT2D eigenvalue weighted by molar-refractivity contribution is 5.74. The minimum Gasteiger partial charge on any atom is -0.331 e. The summed E-state index contributed by atoms with van der Waals surface area (Å²) in [4.78, 5) is 8.69. The number of nitrogens with one attached hydrogen (secondary N) is 1. The quantitative estimate of drug-likeness (QED) is 0.846. The lowest BCUT2D eigenvalue weighted by Gasteiger charge is -2.11. The van der Waals surface area contributed by atoms with Crippen LogP contribution in [-0.4, -0.2) is 27.1 Å². The van der Waals surface area contributed by atoms with Gasteiger partial charge in [0, 0.05) is 25.7 Å². The van der Waals surface area contributed by atoms with Crippen LogP contribution in [0.25, 0.3) is 11.0 Å². The molecule has 0 bridgehead atoms. The van der Waals surface area contributed by atoms with E-state index in [1.165, 1.54) is 0 Å². The molecule has 16 heavy (non-hydrogen) atoms. The minimum absolute atomic E-state index is 0.452. The highest BCUT2D eigenvalue weighted by Gasteiger charge is 2.10. The molecule has 4 heteroatoms. The van der Waals surface area contributed by atoms with Gasteiger partial charge in [0.2, 0.25) is 0 Å². The molecule has 2 aromatic heterocycles. The molecule has 2 aromatic rings. The summed E-state index contributed by atoms with van der Waals surface area (Å²) < 4.78 is 2.14. The van der Waals surface area contributed by atoms with Crippen LogP contribution in [0.5, 0.6) is 0 Å². The zero-order valence-corrected chi connectivity index (χ0v) is 10.1. The van der Waals surface area contributed by atoms with Crippen molar-refractivity contribution in [3.05, 3.63) is 24.3 Å². The van der Waals surface area contributed by atoms with Crippen LogP contribution in [0.2, 0.25) is 0 Å². The number of likely N-dealkylation sites (N-methyl/N-ethyl adjacent to an activating group) is 1. The Morgan fingerprint density at radius 2 is 2.31 bits per heavy atom. The van der Waals surface area contributed by atoms with Crippen molar-refractivity contribution in [2.24, 2.45) is 7.05 Å². The third-order valence-corrected chi connectivity index (χ3v) is 2.82. The molecule has 4 nitrogen and oxygen atoms in total. The zero-order valence-electron chi connectivity index (χ0n) is 10.1. The van der Waals surface area contributed by atoms with Gasteiger partial charge in [-0.05, 0) is 19.5 Å². The molecule has 0 aromatic carbocycles. The number of imidazole rings is 1. The molecule has 1 N–H and O–H groups in total. The molecule has 86 valence electrons. The number of hydrogen-bond acceptors (Lipinski definition) is 3. The van der Waals surface area contributed by atoms with Crippen molar-refractivity contribution in [1.29, 1.82) is 0 Å². The molecule has 0 radical (unpaired) electrons. The fourth-order valence-corrected chi connectivity index (χ4v) is 1.98. The maximum atomic E-state index is 4.59. The van der Waals surface area contributed by atoms with Gasteiger partial charge < -0.3 is 9.88 Å². The first-order valence-corrected chi connectivity index (χ1v) is 5.71. The van der Waals surface area contributed by atoms with Crippen LogP contribution in [-0.2, 0) is 13.5 Å². The van der Waals surface area contributed by atoms with Gasteiger partial charge in [0.15, 0.2) is 0 Å². The molecule has 0 fully saturated rings. The second kappa shape index (κ2) is 4.61. The molecular weight excluding hydrogens is 200 g/mol. The lowest BCUT2D eigenvalue weighted by molar-refractivity contribution is 0.545. The van der Waals surface area contributed by atoms with E-state index in [1.807, 2.05) is 18.5 Å². The fraction of sp³-hybridized carbons (Fsp3) is 0.500. The number of fused-ring (bicyclic) bond motifs is 1. The van der Waals surface area contributed by atoms with Crippen LogP contribution in [0.4, 0.5) is 0 Å². The van der Waals surface area contributed by atoms with Crippen LogP contribution in [0.1, 0.15) is 19.7 Å². The molecule has 1 atom stereocenters. The summed E-state index contributed by atoms with van der Waals surface area (Å²) in [5.74, 6) is 1.11. The molecule has 0 aliphatic rings. The second-order valence-corrected chi connectivity index (χ2v) is 4.11. The zero-order chi connectivity index (χ0) is 11.5. The van der Waals surface area contributed by atoms with Gasteiger partial charge in [-0.25, -0.2) is 4.98 Å². The topological polar surface area (TPSA) is 42.7 Å². The third-order valence-electron chi connectivity index (χ3n) is 2.82. The lowest BCUT2D eigenvalue weighted by atomic mass is 10.2. The second-order valence-electron chi connectivity index (χ2n) is 4.11. The van der Waals surface area contributed by atoms with Crippen molar-refractivity contribution >= 4 is 11.0 Å². The van der Waals surface area contributed by atoms with Crippen molar-refractivity contribution in [3.8, 4) is 0 Å². The van der Waals surface area contributed by atoms with Gasteiger partial charge >= 0.3 is 0 Å². The van der Waals surface area contributed by atoms with Crippen molar-refractivity contribution in [2.45, 2.75) is 26.3 Å². The van der Waals surface area contributed by atoms with Crippen LogP contribution in [0, 0.1) is 0 Å². The molecule has 0 spiro atoms. The van der Waals surface area contributed by atoms with E-state index >= 15 is 0 Å². The van der Waals surface area contributed by atoms with Crippen LogP contribution >= 0.6 is 0 Å². The number of nitrogens with zero attached hydrogens (tertiary/aromatic N) is 3. The summed E-state index contributed by atoms with van der Waals surface area (Å²) in [6.45, 7) is 5.29. The first kappa shape index (κ1) is 11.1. The molecule has 2 heterocycles. The van der Waals surface area contributed by atoms with E-state index in [9.17, 15) is 0 Å². The van der Waals surface area contributed by atoms with Crippen LogP contribution in [0.3, 0.4) is 0 Å². The standard InChI is InChI=1S/C12H18N4/c1-4-14-9(2)7-12-15-10-8-13-6-5-11(10)16(12)3/h5-6,8-9,14H,4,7H2,1-3H3. The Hall–Kier alpha value is -1.42. The molecule has 0 aliphatic carbocycles. The minimum atomic E-state index is 0.452. The van der Waals surface area contributed by atoms with Gasteiger partial charge in [-0.15, -0.1) is 0 Å². The summed E-state index contributed by atoms with van der Waals surface area (Å²) in [6, 6.07) is 2.46. The van der Waals surface area contributed by atoms with E-state index < -0.39 is 0 Å². The summed E-state index contributed by atoms with van der Waals surface area (Å²) in [5.41, 5.74) is 2.12. The predicted octanol–water partition coefficient (Wildman–Crippen LogP) is 1.51. The van der Waals surface area contributed by atoms with Gasteiger partial charge in [0.25, 0.3) is 0 Å². The van der Waals surface area contributed by atoms with E-state index in [0.29, 0.717) is 6.04 Å². The van der Waals surface area contributed by atoms with Gasteiger partial charge in [-0.2, -0.15) is 0 Å². The number of aryl methyl sites for hydroxylation is 1. The van der Waals surface area contributed by atoms with Crippen LogP contribution < -0.4 is 5.32 Å². The molecular formula is C12H18N4. The highest BCUT2D eigenvalue weighted by Crippen LogP contribution is 2.13. The van der Waals surface area contributed by atoms with E-state index in [1.54, 1.807) is 0 Å². The highest BCUT2D eigenvalue weighted by atomic mass is 15.1. The number of pyridine rings is 1. The monoisotopic (exact) mass is 218 g/mol. The molecule has 0 saturated carbocycles. The number of rotatable bonds is 4. The molecule has 0 aliphatic heterocycles. The average molecular weight is 218 g/mol. The maximum absolute atomic E-state index is 4.59. The van der Waals surface area contributed by atoms with Gasteiger partial charge in [0.1, 0.15) is 11.3 Å². The van der Waals surface area contributed by atoms with Gasteiger partial charge in [0.05, 0.1) is 11.7 Å². The van der Waals surface area contributed by atoms with E-state index in [0.717, 1.165) is 29.8 Å². The number of hydrogen-bond donors (Lipinski definition) is 1. The first-order chi connectivity index (χ1) is 7.72. The van der Waals surface area contributed by atoms with Gasteiger partial charge in [-0.3, -0.25) is 4.98 Å². The Morgan fingerprint density at radius 1 is 1.50 bits per heavy atom. The van der Waals surface area contributed by atoms with Crippen LogP contribution in [0.15, 0.2) is 18.5 Å². The maximum Gasteiger partial charge on any atom is 0.111 e. The van der Waals surface area contributed by atoms with E-state index in [2.05, 4.69) is 40.7 Å². The Kier molecular flexibility index (Phi) is 3.19. The third kappa shape index (κ3) is 2.07. The average Bonchev–Trinajstić information content (AvgIpc) is 2.57. The summed E-state index contributed by atoms with van der Waals surface area (Å²) in [7, 11) is 2.06. The molecule has 0 amide bonds. The summed E-state index contributed by atoms with van der Waals surface area (Å²) in [5, 5.41) is 3.40. The Labute approximate surface area is 95.7 Å². The van der Waals surface area contributed by atoms with Crippen molar-refractivity contribution in [2.75, 3.05) is 6.54 Å². The van der Waals surface area contributed by atoms with E-state index in [-0.39, 0.29) is 0 Å². The molecule has 0 saturated heterocycles. The Balaban J connectivity index is 2.27.